The van der Waals surface area contributed by atoms with Crippen molar-refractivity contribution in [3.05, 3.63) is 71.7 Å². The molecule has 0 aliphatic carbocycles. The first-order valence-electron chi connectivity index (χ1n) is 10.1. The van der Waals surface area contributed by atoms with Crippen LogP contribution in [0.3, 0.4) is 0 Å². The van der Waals surface area contributed by atoms with E-state index in [9.17, 15) is 31.1 Å². The highest BCUT2D eigenvalue weighted by Gasteiger charge is 2.33. The lowest BCUT2D eigenvalue weighted by Crippen LogP contribution is -2.28. The van der Waals surface area contributed by atoms with Gasteiger partial charge in [-0.1, -0.05) is 12.1 Å². The van der Waals surface area contributed by atoms with Crippen LogP contribution in [0.1, 0.15) is 24.1 Å². The summed E-state index contributed by atoms with van der Waals surface area (Å²) in [6.45, 7) is 3.02. The molecule has 0 radical (unpaired) electrons. The number of aromatic nitrogens is 1. The van der Waals surface area contributed by atoms with E-state index in [4.69, 9.17) is 4.18 Å². The lowest BCUT2D eigenvalue weighted by atomic mass is 9.94. The Morgan fingerprint density at radius 3 is 2.03 bits per heavy atom. The van der Waals surface area contributed by atoms with E-state index in [0.717, 1.165) is 12.5 Å². The second-order valence-corrected chi connectivity index (χ2v) is 11.6. The molecule has 1 heterocycles. The Kier molecular flexibility index (Phi) is 7.02. The Bertz CT molecular complexity index is 1430. The molecule has 0 amide bonds. The third kappa shape index (κ3) is 5.54. The fraction of sp³-hybridized carbons (Fsp3) is 0.261. The monoisotopic (exact) mass is 509 g/mol. The number of carbonyl (C=O) groups is 1. The first-order valence-corrected chi connectivity index (χ1v) is 13.8. The van der Waals surface area contributed by atoms with Gasteiger partial charge < -0.3 is 9.67 Å². The summed E-state index contributed by atoms with van der Waals surface area (Å²) < 4.78 is 67.2. The van der Waals surface area contributed by atoms with Crippen molar-refractivity contribution in [1.82, 2.24) is 4.57 Å². The standard InChI is InChI=1S/C23H24FNO7S2/c1-14-20(22(23(26)27)15(2)32-34(4,30)31)13-21(25(14)18-9-7-17(24)8-10-18)16-5-11-19(12-6-16)33(3,28)29/h5-13,15,22H,1-4H3,(H,26,27). The Hall–Kier alpha value is -3.02. The number of carboxylic acids is 1. The first-order chi connectivity index (χ1) is 15.7. The van der Waals surface area contributed by atoms with E-state index in [1.54, 1.807) is 29.7 Å². The molecule has 8 nitrogen and oxygen atoms in total. The van der Waals surface area contributed by atoms with Gasteiger partial charge in [-0.05, 0) is 67.4 Å². The number of benzene rings is 2. The van der Waals surface area contributed by atoms with Crippen LogP contribution < -0.4 is 0 Å². The molecule has 0 saturated carbocycles. The SMILES string of the molecule is Cc1c(C(C(=O)O)C(C)OS(C)(=O)=O)cc(-c2ccc(S(C)(=O)=O)cc2)n1-c1ccc(F)cc1. The molecule has 3 rings (SSSR count). The predicted octanol–water partition coefficient (Wildman–Crippen LogP) is 3.53. The molecule has 0 aliphatic heterocycles. The average Bonchev–Trinajstić information content (AvgIpc) is 3.03. The second kappa shape index (κ2) is 9.32. The minimum atomic E-state index is -3.92. The van der Waals surface area contributed by atoms with Crippen LogP contribution in [0.5, 0.6) is 0 Å². The molecular weight excluding hydrogens is 485 g/mol. The van der Waals surface area contributed by atoms with E-state index in [-0.39, 0.29) is 4.90 Å². The normalized spacial score (nSPS) is 14.0. The molecule has 0 fully saturated rings. The van der Waals surface area contributed by atoms with Crippen LogP contribution in [-0.2, 0) is 28.9 Å². The number of aliphatic carboxylic acids is 1. The summed E-state index contributed by atoms with van der Waals surface area (Å²) in [5.74, 6) is -3.06. The molecule has 0 spiro atoms. The molecule has 2 unspecified atom stereocenters. The molecule has 1 N–H and O–H groups in total. The van der Waals surface area contributed by atoms with Crippen LogP contribution in [0.25, 0.3) is 16.9 Å². The van der Waals surface area contributed by atoms with Gasteiger partial charge in [-0.15, -0.1) is 0 Å². The van der Waals surface area contributed by atoms with Crippen molar-refractivity contribution in [3.63, 3.8) is 0 Å². The van der Waals surface area contributed by atoms with Gasteiger partial charge in [0, 0.05) is 17.6 Å². The van der Waals surface area contributed by atoms with Gasteiger partial charge in [0.1, 0.15) is 11.7 Å². The molecule has 0 bridgehead atoms. The maximum absolute atomic E-state index is 13.6. The first kappa shape index (κ1) is 25.6. The van der Waals surface area contributed by atoms with E-state index >= 15 is 0 Å². The van der Waals surface area contributed by atoms with Crippen molar-refractivity contribution < 1.29 is 35.3 Å². The Balaban J connectivity index is 2.25. The fourth-order valence-corrected chi connectivity index (χ4v) is 5.16. The van der Waals surface area contributed by atoms with Crippen molar-refractivity contribution in [1.29, 1.82) is 0 Å². The Morgan fingerprint density at radius 1 is 1.00 bits per heavy atom. The van der Waals surface area contributed by atoms with Crippen LogP contribution in [-0.4, -0.2) is 51.1 Å². The van der Waals surface area contributed by atoms with E-state index in [0.29, 0.717) is 28.2 Å². The highest BCUT2D eigenvalue weighted by Crippen LogP contribution is 2.36. The van der Waals surface area contributed by atoms with Gasteiger partial charge in [0.15, 0.2) is 9.84 Å². The molecule has 3 aromatic rings. The number of halogens is 1. The minimum absolute atomic E-state index is 0.117. The lowest BCUT2D eigenvalue weighted by Gasteiger charge is -2.20. The van der Waals surface area contributed by atoms with Crippen LogP contribution in [0.4, 0.5) is 4.39 Å². The van der Waals surface area contributed by atoms with Gasteiger partial charge in [-0.2, -0.15) is 8.42 Å². The van der Waals surface area contributed by atoms with Crippen molar-refractivity contribution in [2.75, 3.05) is 12.5 Å². The third-order valence-corrected chi connectivity index (χ3v) is 7.13. The van der Waals surface area contributed by atoms with Crippen molar-refractivity contribution >= 4 is 25.9 Å². The number of nitrogens with zero attached hydrogens (tertiary/aromatic N) is 1. The molecule has 34 heavy (non-hydrogen) atoms. The van der Waals surface area contributed by atoms with Crippen molar-refractivity contribution in [2.45, 2.75) is 30.8 Å². The van der Waals surface area contributed by atoms with E-state index in [1.807, 2.05) is 0 Å². The number of sulfone groups is 1. The fourth-order valence-electron chi connectivity index (χ4n) is 3.87. The maximum atomic E-state index is 13.6. The van der Waals surface area contributed by atoms with Gasteiger partial charge >= 0.3 is 5.97 Å². The summed E-state index contributed by atoms with van der Waals surface area (Å²) in [6.07, 6.45) is 0.718. The van der Waals surface area contributed by atoms with Gasteiger partial charge in [0.05, 0.1) is 22.9 Å². The van der Waals surface area contributed by atoms with Gasteiger partial charge in [-0.25, -0.2) is 12.8 Å². The van der Waals surface area contributed by atoms with E-state index in [2.05, 4.69) is 0 Å². The van der Waals surface area contributed by atoms with Crippen LogP contribution in [0.15, 0.2) is 59.5 Å². The molecule has 2 aromatic carbocycles. The molecule has 0 saturated heterocycles. The number of hydrogen-bond donors (Lipinski definition) is 1. The highest BCUT2D eigenvalue weighted by molar-refractivity contribution is 7.90. The second-order valence-electron chi connectivity index (χ2n) is 8.00. The summed E-state index contributed by atoms with van der Waals surface area (Å²) in [7, 11) is -7.35. The highest BCUT2D eigenvalue weighted by atomic mass is 32.2. The summed E-state index contributed by atoms with van der Waals surface area (Å²) in [4.78, 5) is 12.3. The zero-order valence-corrected chi connectivity index (χ0v) is 20.5. The summed E-state index contributed by atoms with van der Waals surface area (Å²) in [6, 6.07) is 13.2. The van der Waals surface area contributed by atoms with E-state index in [1.165, 1.54) is 43.3 Å². The largest absolute Gasteiger partial charge is 0.481 e. The van der Waals surface area contributed by atoms with Crippen LogP contribution in [0.2, 0.25) is 0 Å². The van der Waals surface area contributed by atoms with Crippen molar-refractivity contribution in [3.8, 4) is 16.9 Å². The third-order valence-electron chi connectivity index (χ3n) is 5.35. The molecule has 11 heteroatoms. The molecule has 2 atom stereocenters. The number of rotatable bonds is 8. The summed E-state index contributed by atoms with van der Waals surface area (Å²) in [5, 5.41) is 9.92. The van der Waals surface area contributed by atoms with Crippen LogP contribution in [0, 0.1) is 12.7 Å². The Morgan fingerprint density at radius 2 is 1.56 bits per heavy atom. The minimum Gasteiger partial charge on any atom is -0.481 e. The zero-order chi connectivity index (χ0) is 25.4. The number of hydrogen-bond acceptors (Lipinski definition) is 6. The van der Waals surface area contributed by atoms with Crippen molar-refractivity contribution in [2.24, 2.45) is 0 Å². The molecule has 182 valence electrons. The molecule has 0 aliphatic rings. The van der Waals surface area contributed by atoms with Gasteiger partial charge in [0.2, 0.25) is 0 Å². The smallest absolute Gasteiger partial charge is 0.313 e. The topological polar surface area (TPSA) is 120 Å². The lowest BCUT2D eigenvalue weighted by molar-refractivity contribution is -0.140. The molecule has 1 aromatic heterocycles. The van der Waals surface area contributed by atoms with E-state index < -0.39 is 43.8 Å². The van der Waals surface area contributed by atoms with Gasteiger partial charge in [-0.3, -0.25) is 8.98 Å². The zero-order valence-electron chi connectivity index (χ0n) is 18.9. The van der Waals surface area contributed by atoms with Crippen LogP contribution >= 0.6 is 0 Å². The predicted molar refractivity (Wildman–Crippen MR) is 125 cm³/mol. The quantitative estimate of drug-likeness (QED) is 0.461. The molecular formula is C23H24FNO7S2. The Labute approximate surface area is 197 Å². The maximum Gasteiger partial charge on any atom is 0.313 e. The van der Waals surface area contributed by atoms with Gasteiger partial charge in [0.25, 0.3) is 10.1 Å². The summed E-state index contributed by atoms with van der Waals surface area (Å²) >= 11 is 0. The number of carboxylic acid groups (broad SMARTS) is 1. The average molecular weight is 510 g/mol. The summed E-state index contributed by atoms with van der Waals surface area (Å²) in [5.41, 5.74) is 2.40.